The number of hydrogen-bond donors (Lipinski definition) is 2. The first kappa shape index (κ1) is 23.1. The molecule has 0 unspecified atom stereocenters. The van der Waals surface area contributed by atoms with E-state index in [9.17, 15) is 4.79 Å². The Labute approximate surface area is 184 Å². The van der Waals surface area contributed by atoms with E-state index in [0.29, 0.717) is 18.1 Å². The molecule has 168 valence electrons. The standard InChI is InChI=1S/C24H33N3O4/c1-3-30-23-16-20(17-25-10-11-27-12-14-29-15-13-27)6-9-22(23)31-18-24(28)26-21-7-4-19(2)5-8-21/h4-9,16,25H,3,10-15,17-18H2,1-2H3,(H,26,28). The summed E-state index contributed by atoms with van der Waals surface area (Å²) in [5.74, 6) is 1.01. The molecular weight excluding hydrogens is 394 g/mol. The van der Waals surface area contributed by atoms with E-state index in [0.717, 1.165) is 62.8 Å². The monoisotopic (exact) mass is 427 g/mol. The van der Waals surface area contributed by atoms with E-state index in [1.807, 2.05) is 56.3 Å². The maximum absolute atomic E-state index is 12.2. The highest BCUT2D eigenvalue weighted by atomic mass is 16.5. The Kier molecular flexibility index (Phi) is 9.15. The number of benzene rings is 2. The van der Waals surface area contributed by atoms with Crippen LogP contribution in [0.25, 0.3) is 0 Å². The molecule has 2 aromatic rings. The van der Waals surface area contributed by atoms with Gasteiger partial charge in [-0.05, 0) is 43.7 Å². The number of carbonyl (C=O) groups excluding carboxylic acids is 1. The summed E-state index contributed by atoms with van der Waals surface area (Å²) in [6.45, 7) is 10.7. The first-order valence-corrected chi connectivity index (χ1v) is 10.9. The van der Waals surface area contributed by atoms with E-state index in [2.05, 4.69) is 15.5 Å². The molecule has 1 heterocycles. The molecule has 0 aliphatic carbocycles. The number of nitrogens with one attached hydrogen (secondary N) is 2. The fourth-order valence-electron chi connectivity index (χ4n) is 3.32. The molecule has 2 N–H and O–H groups in total. The van der Waals surface area contributed by atoms with Gasteiger partial charge in [0.05, 0.1) is 19.8 Å². The first-order chi connectivity index (χ1) is 15.1. The highest BCUT2D eigenvalue weighted by Gasteiger charge is 2.11. The second-order valence-corrected chi connectivity index (χ2v) is 7.55. The van der Waals surface area contributed by atoms with E-state index in [1.54, 1.807) is 0 Å². The Balaban J connectivity index is 1.47. The molecule has 3 rings (SSSR count). The molecule has 1 aliphatic rings. The summed E-state index contributed by atoms with van der Waals surface area (Å²) in [5.41, 5.74) is 3.01. The van der Waals surface area contributed by atoms with Crippen LogP contribution < -0.4 is 20.1 Å². The second kappa shape index (κ2) is 12.3. The van der Waals surface area contributed by atoms with Crippen LogP contribution >= 0.6 is 0 Å². The molecule has 1 amide bonds. The predicted molar refractivity (Wildman–Crippen MR) is 122 cm³/mol. The molecule has 0 saturated carbocycles. The topological polar surface area (TPSA) is 72.1 Å². The molecule has 0 radical (unpaired) electrons. The summed E-state index contributed by atoms with van der Waals surface area (Å²) in [6.07, 6.45) is 0. The van der Waals surface area contributed by atoms with Crippen LogP contribution in [-0.2, 0) is 16.1 Å². The van der Waals surface area contributed by atoms with Crippen LogP contribution in [0.1, 0.15) is 18.1 Å². The molecule has 1 aliphatic heterocycles. The fraction of sp³-hybridized carbons (Fsp3) is 0.458. The fourth-order valence-corrected chi connectivity index (χ4v) is 3.32. The molecule has 0 atom stereocenters. The molecule has 0 spiro atoms. The van der Waals surface area contributed by atoms with E-state index >= 15 is 0 Å². The summed E-state index contributed by atoms with van der Waals surface area (Å²) in [4.78, 5) is 14.6. The largest absolute Gasteiger partial charge is 0.490 e. The lowest BCUT2D eigenvalue weighted by atomic mass is 10.2. The molecular formula is C24H33N3O4. The third-order valence-corrected chi connectivity index (χ3v) is 5.04. The van der Waals surface area contributed by atoms with Crippen molar-refractivity contribution in [3.05, 3.63) is 53.6 Å². The van der Waals surface area contributed by atoms with E-state index < -0.39 is 0 Å². The zero-order valence-electron chi connectivity index (χ0n) is 18.5. The highest BCUT2D eigenvalue weighted by molar-refractivity contribution is 5.91. The molecule has 31 heavy (non-hydrogen) atoms. The van der Waals surface area contributed by atoms with Crippen LogP contribution in [-0.4, -0.2) is 63.4 Å². The van der Waals surface area contributed by atoms with Crippen LogP contribution in [0.4, 0.5) is 5.69 Å². The number of nitrogens with zero attached hydrogens (tertiary/aromatic N) is 1. The third kappa shape index (κ3) is 7.86. The Morgan fingerprint density at radius 3 is 2.58 bits per heavy atom. The van der Waals surface area contributed by atoms with Crippen molar-refractivity contribution in [2.75, 3.05) is 57.9 Å². The van der Waals surface area contributed by atoms with Crippen molar-refractivity contribution in [2.45, 2.75) is 20.4 Å². The molecule has 1 fully saturated rings. The Hall–Kier alpha value is -2.61. The molecule has 2 aromatic carbocycles. The number of rotatable bonds is 11. The third-order valence-electron chi connectivity index (χ3n) is 5.04. The maximum atomic E-state index is 12.2. The minimum Gasteiger partial charge on any atom is -0.490 e. The normalized spacial score (nSPS) is 14.3. The van der Waals surface area contributed by atoms with Crippen molar-refractivity contribution in [3.8, 4) is 11.5 Å². The van der Waals surface area contributed by atoms with Crippen LogP contribution in [0.5, 0.6) is 11.5 Å². The van der Waals surface area contributed by atoms with Gasteiger partial charge in [0.1, 0.15) is 0 Å². The Bertz CT molecular complexity index is 820. The van der Waals surface area contributed by atoms with Crippen molar-refractivity contribution in [3.63, 3.8) is 0 Å². The summed E-state index contributed by atoms with van der Waals surface area (Å²) < 4.78 is 16.8. The first-order valence-electron chi connectivity index (χ1n) is 10.9. The van der Waals surface area contributed by atoms with Gasteiger partial charge < -0.3 is 24.8 Å². The quantitative estimate of drug-likeness (QED) is 0.538. The van der Waals surface area contributed by atoms with Gasteiger partial charge in [0.2, 0.25) is 0 Å². The van der Waals surface area contributed by atoms with Gasteiger partial charge in [-0.2, -0.15) is 0 Å². The zero-order chi connectivity index (χ0) is 21.9. The SMILES string of the molecule is CCOc1cc(CNCCN2CCOCC2)ccc1OCC(=O)Nc1ccc(C)cc1. The molecule has 7 heteroatoms. The highest BCUT2D eigenvalue weighted by Crippen LogP contribution is 2.28. The minimum atomic E-state index is -0.208. The van der Waals surface area contributed by atoms with Crippen LogP contribution in [0.3, 0.4) is 0 Å². The van der Waals surface area contributed by atoms with E-state index in [-0.39, 0.29) is 12.5 Å². The number of aryl methyl sites for hydroxylation is 1. The summed E-state index contributed by atoms with van der Waals surface area (Å²) in [5, 5.41) is 6.31. The van der Waals surface area contributed by atoms with Crippen molar-refractivity contribution in [1.82, 2.24) is 10.2 Å². The van der Waals surface area contributed by atoms with Crippen LogP contribution in [0, 0.1) is 6.92 Å². The van der Waals surface area contributed by atoms with E-state index in [4.69, 9.17) is 14.2 Å². The number of hydrogen-bond acceptors (Lipinski definition) is 6. The second-order valence-electron chi connectivity index (χ2n) is 7.55. The van der Waals surface area contributed by atoms with Gasteiger partial charge in [0.25, 0.3) is 5.91 Å². The summed E-state index contributed by atoms with van der Waals surface area (Å²) >= 11 is 0. The molecule has 0 bridgehead atoms. The summed E-state index contributed by atoms with van der Waals surface area (Å²) in [6, 6.07) is 13.5. The maximum Gasteiger partial charge on any atom is 0.262 e. The van der Waals surface area contributed by atoms with Crippen molar-refractivity contribution >= 4 is 11.6 Å². The number of ether oxygens (including phenoxy) is 3. The Morgan fingerprint density at radius 2 is 1.84 bits per heavy atom. The number of amides is 1. The van der Waals surface area contributed by atoms with E-state index in [1.165, 1.54) is 0 Å². The average Bonchev–Trinajstić information content (AvgIpc) is 2.79. The molecule has 0 aromatic heterocycles. The number of anilines is 1. The van der Waals surface area contributed by atoms with Gasteiger partial charge >= 0.3 is 0 Å². The predicted octanol–water partition coefficient (Wildman–Crippen LogP) is 2.83. The lowest BCUT2D eigenvalue weighted by Crippen LogP contribution is -2.40. The van der Waals surface area contributed by atoms with Gasteiger partial charge in [0, 0.05) is 38.4 Å². The van der Waals surface area contributed by atoms with Crippen molar-refractivity contribution in [1.29, 1.82) is 0 Å². The van der Waals surface area contributed by atoms with Crippen LogP contribution in [0.2, 0.25) is 0 Å². The Morgan fingerprint density at radius 1 is 1.06 bits per heavy atom. The smallest absolute Gasteiger partial charge is 0.262 e. The van der Waals surface area contributed by atoms with Crippen LogP contribution in [0.15, 0.2) is 42.5 Å². The lowest BCUT2D eigenvalue weighted by Gasteiger charge is -2.26. The number of carbonyl (C=O) groups is 1. The average molecular weight is 428 g/mol. The molecule has 7 nitrogen and oxygen atoms in total. The van der Waals surface area contributed by atoms with Gasteiger partial charge in [-0.1, -0.05) is 23.8 Å². The lowest BCUT2D eigenvalue weighted by molar-refractivity contribution is -0.118. The zero-order valence-corrected chi connectivity index (χ0v) is 18.5. The van der Waals surface area contributed by atoms with Gasteiger partial charge in [-0.15, -0.1) is 0 Å². The number of morpholine rings is 1. The van der Waals surface area contributed by atoms with Gasteiger partial charge in [0.15, 0.2) is 18.1 Å². The van der Waals surface area contributed by atoms with Crippen molar-refractivity contribution < 1.29 is 19.0 Å². The molecule has 1 saturated heterocycles. The minimum absolute atomic E-state index is 0.0783. The van der Waals surface area contributed by atoms with Crippen molar-refractivity contribution in [2.24, 2.45) is 0 Å². The van der Waals surface area contributed by atoms with Gasteiger partial charge in [-0.3, -0.25) is 9.69 Å². The summed E-state index contributed by atoms with van der Waals surface area (Å²) in [7, 11) is 0. The van der Waals surface area contributed by atoms with Gasteiger partial charge in [-0.25, -0.2) is 0 Å².